The number of sulfonamides is 1. The molecular formula is C23H27N3O6S. The van der Waals surface area contributed by atoms with Gasteiger partial charge in [-0.25, -0.2) is 18.4 Å². The van der Waals surface area contributed by atoms with E-state index in [1.54, 1.807) is 14.0 Å². The minimum atomic E-state index is -3.87. The van der Waals surface area contributed by atoms with Crippen molar-refractivity contribution >= 4 is 27.6 Å². The van der Waals surface area contributed by atoms with Crippen LogP contribution in [0, 0.1) is 0 Å². The molecule has 1 atom stereocenters. The van der Waals surface area contributed by atoms with Crippen molar-refractivity contribution in [2.45, 2.75) is 37.1 Å². The number of nitrogens with one attached hydrogen (secondary N) is 2. The molecule has 0 spiro atoms. The first-order chi connectivity index (χ1) is 15.7. The van der Waals surface area contributed by atoms with Crippen molar-refractivity contribution in [3.8, 4) is 5.75 Å². The summed E-state index contributed by atoms with van der Waals surface area (Å²) in [6, 6.07) is 12.3. The van der Waals surface area contributed by atoms with Crippen molar-refractivity contribution in [1.82, 2.24) is 5.32 Å². The second kappa shape index (κ2) is 10.5. The summed E-state index contributed by atoms with van der Waals surface area (Å²) in [5, 5.41) is 11.3. The fourth-order valence-corrected chi connectivity index (χ4v) is 4.10. The first-order valence-corrected chi connectivity index (χ1v) is 12.0. The van der Waals surface area contributed by atoms with E-state index in [-0.39, 0.29) is 23.1 Å². The lowest BCUT2D eigenvalue weighted by molar-refractivity contribution is -0.138. The normalized spacial score (nSPS) is 16.2. The second-order valence-electron chi connectivity index (χ2n) is 7.45. The zero-order valence-corrected chi connectivity index (χ0v) is 19.3. The molecule has 2 aromatic rings. The van der Waals surface area contributed by atoms with Crippen molar-refractivity contribution in [2.24, 2.45) is 5.14 Å². The van der Waals surface area contributed by atoms with Crippen molar-refractivity contribution in [3.05, 3.63) is 65.4 Å². The molecule has 33 heavy (non-hydrogen) atoms. The highest BCUT2D eigenvalue weighted by Crippen LogP contribution is 2.28. The Kier molecular flexibility index (Phi) is 7.72. The minimum absolute atomic E-state index is 0.0952. The maximum atomic E-state index is 13.0. The van der Waals surface area contributed by atoms with E-state index in [4.69, 9.17) is 14.6 Å². The van der Waals surface area contributed by atoms with Crippen LogP contribution in [0.15, 0.2) is 64.7 Å². The Morgan fingerprint density at radius 3 is 2.33 bits per heavy atom. The number of esters is 1. The molecule has 176 valence electrons. The third-order valence-corrected chi connectivity index (χ3v) is 6.17. The molecule has 0 heterocycles. The van der Waals surface area contributed by atoms with E-state index in [0.717, 1.165) is 12.1 Å². The van der Waals surface area contributed by atoms with E-state index in [1.165, 1.54) is 24.3 Å². The van der Waals surface area contributed by atoms with Gasteiger partial charge in [-0.3, -0.25) is 4.79 Å². The van der Waals surface area contributed by atoms with Gasteiger partial charge in [-0.2, -0.15) is 0 Å². The number of ether oxygens (including phenoxy) is 2. The van der Waals surface area contributed by atoms with Gasteiger partial charge in [0.1, 0.15) is 5.75 Å². The van der Waals surface area contributed by atoms with Crippen LogP contribution in [0.2, 0.25) is 0 Å². The van der Waals surface area contributed by atoms with Crippen molar-refractivity contribution < 1.29 is 27.5 Å². The number of methoxy groups -OCH3 is 1. The molecule has 9 nitrogen and oxygen atoms in total. The molecule has 3 rings (SSSR count). The number of carbonyl (C=O) groups excluding carboxylic acids is 2. The lowest BCUT2D eigenvalue weighted by atomic mass is 9.91. The summed E-state index contributed by atoms with van der Waals surface area (Å²) in [6.07, 6.45) is 1.90. The third-order valence-electron chi connectivity index (χ3n) is 5.24. The highest BCUT2D eigenvalue weighted by atomic mass is 32.2. The molecule has 0 radical (unpaired) electrons. The van der Waals surface area contributed by atoms with E-state index in [1.807, 2.05) is 24.3 Å². The van der Waals surface area contributed by atoms with Crippen LogP contribution in [0.25, 0.3) is 0 Å². The molecule has 0 saturated carbocycles. The molecule has 0 saturated heterocycles. The topological polar surface area (TPSA) is 137 Å². The van der Waals surface area contributed by atoms with Gasteiger partial charge in [0.2, 0.25) is 10.0 Å². The molecule has 1 unspecified atom stereocenters. The predicted molar refractivity (Wildman–Crippen MR) is 123 cm³/mol. The van der Waals surface area contributed by atoms with E-state index in [9.17, 15) is 18.0 Å². The van der Waals surface area contributed by atoms with Gasteiger partial charge in [0.25, 0.3) is 5.91 Å². The average Bonchev–Trinajstić information content (AvgIpc) is 2.80. The molecule has 1 aliphatic carbocycles. The lowest BCUT2D eigenvalue weighted by Crippen LogP contribution is -2.39. The van der Waals surface area contributed by atoms with E-state index < -0.39 is 21.9 Å². The number of anilines is 1. The number of carbonyl (C=O) groups is 2. The van der Waals surface area contributed by atoms with Crippen LogP contribution in [0.5, 0.6) is 5.75 Å². The summed E-state index contributed by atoms with van der Waals surface area (Å²) >= 11 is 0. The predicted octanol–water partition coefficient (Wildman–Crippen LogP) is 2.55. The van der Waals surface area contributed by atoms with Crippen molar-refractivity contribution in [2.75, 3.05) is 19.0 Å². The van der Waals surface area contributed by atoms with Gasteiger partial charge in [-0.15, -0.1) is 0 Å². The molecule has 4 N–H and O–H groups in total. The van der Waals surface area contributed by atoms with Crippen LogP contribution in [-0.2, 0) is 19.6 Å². The van der Waals surface area contributed by atoms with Gasteiger partial charge in [0.15, 0.2) is 0 Å². The molecule has 0 aliphatic heterocycles. The molecular weight excluding hydrogens is 446 g/mol. The Morgan fingerprint density at radius 2 is 1.76 bits per heavy atom. The van der Waals surface area contributed by atoms with Crippen LogP contribution >= 0.6 is 0 Å². The summed E-state index contributed by atoms with van der Waals surface area (Å²) in [7, 11) is -2.28. The first kappa shape index (κ1) is 24.3. The van der Waals surface area contributed by atoms with Crippen LogP contribution in [0.1, 0.15) is 36.5 Å². The Morgan fingerprint density at radius 1 is 1.09 bits per heavy atom. The second-order valence-corrected chi connectivity index (χ2v) is 9.02. The summed E-state index contributed by atoms with van der Waals surface area (Å²) < 4.78 is 33.3. The maximum absolute atomic E-state index is 13.0. The van der Waals surface area contributed by atoms with Gasteiger partial charge in [-0.1, -0.05) is 0 Å². The van der Waals surface area contributed by atoms with Crippen LogP contribution < -0.4 is 20.5 Å². The largest absolute Gasteiger partial charge is 0.497 e. The zero-order chi connectivity index (χ0) is 24.0. The fourth-order valence-electron chi connectivity index (χ4n) is 3.59. The number of nitrogens with two attached hydrogens (primary N) is 1. The zero-order valence-electron chi connectivity index (χ0n) is 18.5. The fraction of sp³-hybridized carbons (Fsp3) is 0.304. The Bertz CT molecular complexity index is 1140. The quantitative estimate of drug-likeness (QED) is 0.501. The number of amides is 1. The molecule has 1 amide bonds. The molecule has 0 fully saturated rings. The van der Waals surface area contributed by atoms with Crippen LogP contribution in [-0.4, -0.2) is 40.1 Å². The average molecular weight is 474 g/mol. The van der Waals surface area contributed by atoms with Gasteiger partial charge in [-0.05, 0) is 74.7 Å². The summed E-state index contributed by atoms with van der Waals surface area (Å²) in [5.41, 5.74) is 1.88. The van der Waals surface area contributed by atoms with Crippen LogP contribution in [0.3, 0.4) is 0 Å². The van der Waals surface area contributed by atoms with Gasteiger partial charge < -0.3 is 20.1 Å². The highest BCUT2D eigenvalue weighted by molar-refractivity contribution is 7.89. The molecule has 10 heteroatoms. The Labute approximate surface area is 193 Å². The number of hydrogen-bond acceptors (Lipinski definition) is 7. The first-order valence-electron chi connectivity index (χ1n) is 10.5. The lowest BCUT2D eigenvalue weighted by Gasteiger charge is -2.29. The summed E-state index contributed by atoms with van der Waals surface area (Å²) in [6.45, 7) is 1.94. The standard InChI is InChI=1S/C23H27N3O6S/c1-3-32-23(28)19-5-4-6-20(25-16-9-11-17(31-2)12-10-16)21(19)26-22(27)15-7-13-18(14-8-15)33(24,29)30/h7-14,20,25H,3-6H2,1-2H3,(H,26,27)(H2,24,29,30). The SMILES string of the molecule is CCOC(=O)C1=C(NC(=O)c2ccc(S(N)(=O)=O)cc2)C(Nc2ccc(OC)cc2)CCC1. The Balaban J connectivity index is 1.89. The summed E-state index contributed by atoms with van der Waals surface area (Å²) in [4.78, 5) is 25.5. The smallest absolute Gasteiger partial charge is 0.335 e. The Hall–Kier alpha value is -3.37. The number of benzene rings is 2. The summed E-state index contributed by atoms with van der Waals surface area (Å²) in [5.74, 6) is -0.238. The van der Waals surface area contributed by atoms with Crippen LogP contribution in [0.4, 0.5) is 5.69 Å². The van der Waals surface area contributed by atoms with E-state index in [0.29, 0.717) is 29.9 Å². The number of hydrogen-bond donors (Lipinski definition) is 3. The maximum Gasteiger partial charge on any atom is 0.335 e. The van der Waals surface area contributed by atoms with Crippen molar-refractivity contribution in [1.29, 1.82) is 0 Å². The van der Waals surface area contributed by atoms with E-state index in [2.05, 4.69) is 10.6 Å². The highest BCUT2D eigenvalue weighted by Gasteiger charge is 2.29. The van der Waals surface area contributed by atoms with Gasteiger partial charge in [0, 0.05) is 11.3 Å². The molecule has 1 aliphatic rings. The third kappa shape index (κ3) is 6.11. The van der Waals surface area contributed by atoms with Gasteiger partial charge >= 0.3 is 5.97 Å². The number of rotatable bonds is 8. The monoisotopic (exact) mass is 473 g/mol. The molecule has 0 aromatic heterocycles. The number of primary sulfonamides is 1. The minimum Gasteiger partial charge on any atom is -0.497 e. The van der Waals surface area contributed by atoms with E-state index >= 15 is 0 Å². The molecule has 2 aromatic carbocycles. The van der Waals surface area contributed by atoms with Gasteiger partial charge in [0.05, 0.1) is 35.9 Å². The molecule has 0 bridgehead atoms. The van der Waals surface area contributed by atoms with Crippen molar-refractivity contribution in [3.63, 3.8) is 0 Å².